The fourth-order valence-corrected chi connectivity index (χ4v) is 1.59. The summed E-state index contributed by atoms with van der Waals surface area (Å²) in [5, 5.41) is 0. The maximum absolute atomic E-state index is 12.1. The Morgan fingerprint density at radius 1 is 1.33 bits per heavy atom. The Bertz CT molecular complexity index is 369. The summed E-state index contributed by atoms with van der Waals surface area (Å²) in [5.74, 6) is -0.188. The van der Waals surface area contributed by atoms with Crippen molar-refractivity contribution in [1.82, 2.24) is 4.90 Å². The Labute approximate surface area is 104 Å². The summed E-state index contributed by atoms with van der Waals surface area (Å²) in [6.45, 7) is 1.97. The van der Waals surface area contributed by atoms with Crippen LogP contribution in [0.4, 0.5) is 13.2 Å². The minimum atomic E-state index is -4.65. The molecule has 0 saturated carbocycles. The standard InChI is InChI=1S/C12H17F3N2O/c1-17(7-3-6-16)9-10-4-2-5-11(8-10)18-12(13,14)15/h2,4-5,8H,3,6-7,9,16H2,1H3. The van der Waals surface area contributed by atoms with Crippen LogP contribution >= 0.6 is 0 Å². The van der Waals surface area contributed by atoms with Crippen LogP contribution in [0.3, 0.4) is 0 Å². The minimum absolute atomic E-state index is 0.188. The van der Waals surface area contributed by atoms with Crippen LogP contribution in [0, 0.1) is 0 Å². The van der Waals surface area contributed by atoms with Gasteiger partial charge in [-0.1, -0.05) is 12.1 Å². The number of nitrogens with zero attached hydrogens (tertiary/aromatic N) is 1. The van der Waals surface area contributed by atoms with E-state index in [1.807, 2.05) is 11.9 Å². The largest absolute Gasteiger partial charge is 0.573 e. The van der Waals surface area contributed by atoms with E-state index >= 15 is 0 Å². The number of hydrogen-bond acceptors (Lipinski definition) is 3. The summed E-state index contributed by atoms with van der Waals surface area (Å²) in [4.78, 5) is 2.00. The molecule has 0 bridgehead atoms. The normalized spacial score (nSPS) is 11.9. The first-order valence-electron chi connectivity index (χ1n) is 5.64. The van der Waals surface area contributed by atoms with Gasteiger partial charge in [-0.05, 0) is 44.3 Å². The predicted octanol–water partition coefficient (Wildman–Crippen LogP) is 2.37. The Balaban J connectivity index is 2.59. The molecule has 3 nitrogen and oxygen atoms in total. The van der Waals surface area contributed by atoms with Crippen molar-refractivity contribution in [1.29, 1.82) is 0 Å². The molecule has 0 aliphatic heterocycles. The first-order valence-corrected chi connectivity index (χ1v) is 5.64. The van der Waals surface area contributed by atoms with E-state index in [4.69, 9.17) is 5.73 Å². The average molecular weight is 262 g/mol. The summed E-state index contributed by atoms with van der Waals surface area (Å²) in [6.07, 6.45) is -3.79. The van der Waals surface area contributed by atoms with E-state index in [0.717, 1.165) is 18.5 Å². The van der Waals surface area contributed by atoms with Crippen LogP contribution in [0.2, 0.25) is 0 Å². The Morgan fingerprint density at radius 2 is 2.06 bits per heavy atom. The summed E-state index contributed by atoms with van der Waals surface area (Å²) in [6, 6.07) is 6.00. The molecular weight excluding hydrogens is 245 g/mol. The molecule has 0 radical (unpaired) electrons. The Kier molecular flexibility index (Phi) is 5.43. The predicted molar refractivity (Wildman–Crippen MR) is 63.1 cm³/mol. The van der Waals surface area contributed by atoms with Gasteiger partial charge in [-0.15, -0.1) is 13.2 Å². The highest BCUT2D eigenvalue weighted by Crippen LogP contribution is 2.23. The van der Waals surface area contributed by atoms with E-state index in [0.29, 0.717) is 13.1 Å². The molecule has 102 valence electrons. The lowest BCUT2D eigenvalue weighted by Gasteiger charge is -2.17. The topological polar surface area (TPSA) is 38.5 Å². The fourth-order valence-electron chi connectivity index (χ4n) is 1.59. The van der Waals surface area contributed by atoms with Crippen molar-refractivity contribution in [2.45, 2.75) is 19.3 Å². The van der Waals surface area contributed by atoms with E-state index in [1.165, 1.54) is 12.1 Å². The number of rotatable bonds is 6. The van der Waals surface area contributed by atoms with Crippen molar-refractivity contribution in [2.75, 3.05) is 20.1 Å². The van der Waals surface area contributed by atoms with Gasteiger partial charge in [0.05, 0.1) is 0 Å². The number of halogens is 3. The highest BCUT2D eigenvalue weighted by molar-refractivity contribution is 5.28. The summed E-state index contributed by atoms with van der Waals surface area (Å²) < 4.78 is 40.0. The highest BCUT2D eigenvalue weighted by Gasteiger charge is 2.31. The molecule has 1 aromatic rings. The molecule has 0 aliphatic carbocycles. The van der Waals surface area contributed by atoms with Crippen molar-refractivity contribution < 1.29 is 17.9 Å². The first kappa shape index (κ1) is 14.8. The van der Waals surface area contributed by atoms with Gasteiger partial charge in [-0.2, -0.15) is 0 Å². The monoisotopic (exact) mass is 262 g/mol. The molecule has 0 atom stereocenters. The van der Waals surface area contributed by atoms with Crippen LogP contribution < -0.4 is 10.5 Å². The van der Waals surface area contributed by atoms with Gasteiger partial charge >= 0.3 is 6.36 Å². The van der Waals surface area contributed by atoms with Gasteiger partial charge < -0.3 is 15.4 Å². The molecule has 18 heavy (non-hydrogen) atoms. The van der Waals surface area contributed by atoms with Crippen molar-refractivity contribution in [2.24, 2.45) is 5.73 Å². The van der Waals surface area contributed by atoms with Gasteiger partial charge in [0.15, 0.2) is 0 Å². The number of ether oxygens (including phenoxy) is 1. The maximum Gasteiger partial charge on any atom is 0.573 e. The zero-order chi connectivity index (χ0) is 13.6. The fraction of sp³-hybridized carbons (Fsp3) is 0.500. The van der Waals surface area contributed by atoms with Gasteiger partial charge in [0.1, 0.15) is 5.75 Å². The zero-order valence-electron chi connectivity index (χ0n) is 10.2. The smallest absolute Gasteiger partial charge is 0.406 e. The van der Waals surface area contributed by atoms with Crippen molar-refractivity contribution >= 4 is 0 Å². The quantitative estimate of drug-likeness (QED) is 0.855. The second-order valence-corrected chi connectivity index (χ2v) is 4.08. The van der Waals surface area contributed by atoms with E-state index in [9.17, 15) is 13.2 Å². The van der Waals surface area contributed by atoms with Gasteiger partial charge in [0, 0.05) is 6.54 Å². The van der Waals surface area contributed by atoms with Gasteiger partial charge in [-0.25, -0.2) is 0 Å². The second kappa shape index (κ2) is 6.61. The second-order valence-electron chi connectivity index (χ2n) is 4.08. The molecule has 0 spiro atoms. The molecule has 0 heterocycles. The van der Waals surface area contributed by atoms with Gasteiger partial charge in [-0.3, -0.25) is 0 Å². The van der Waals surface area contributed by atoms with Gasteiger partial charge in [0.2, 0.25) is 0 Å². The third-order valence-electron chi connectivity index (χ3n) is 2.33. The third kappa shape index (κ3) is 5.88. The molecular formula is C12H17F3N2O. The highest BCUT2D eigenvalue weighted by atomic mass is 19.4. The number of benzene rings is 1. The van der Waals surface area contributed by atoms with E-state index < -0.39 is 6.36 Å². The molecule has 0 amide bonds. The van der Waals surface area contributed by atoms with Crippen LogP contribution in [-0.2, 0) is 6.54 Å². The number of nitrogens with two attached hydrogens (primary N) is 1. The molecule has 2 N–H and O–H groups in total. The van der Waals surface area contributed by atoms with Crippen molar-refractivity contribution in [3.8, 4) is 5.75 Å². The lowest BCUT2D eigenvalue weighted by molar-refractivity contribution is -0.274. The minimum Gasteiger partial charge on any atom is -0.406 e. The molecule has 6 heteroatoms. The average Bonchev–Trinajstić information content (AvgIpc) is 2.24. The van der Waals surface area contributed by atoms with Crippen molar-refractivity contribution in [3.05, 3.63) is 29.8 Å². The lowest BCUT2D eigenvalue weighted by Crippen LogP contribution is -2.21. The molecule has 1 aromatic carbocycles. The van der Waals surface area contributed by atoms with Crippen LogP contribution in [0.5, 0.6) is 5.75 Å². The first-order chi connectivity index (χ1) is 8.40. The van der Waals surface area contributed by atoms with Crippen LogP contribution in [-0.4, -0.2) is 31.4 Å². The van der Waals surface area contributed by atoms with E-state index in [1.54, 1.807) is 12.1 Å². The van der Waals surface area contributed by atoms with E-state index in [2.05, 4.69) is 4.74 Å². The lowest BCUT2D eigenvalue weighted by atomic mass is 10.2. The van der Waals surface area contributed by atoms with Gasteiger partial charge in [0.25, 0.3) is 0 Å². The number of hydrogen-bond donors (Lipinski definition) is 1. The van der Waals surface area contributed by atoms with E-state index in [-0.39, 0.29) is 5.75 Å². The maximum atomic E-state index is 12.1. The Morgan fingerprint density at radius 3 is 2.67 bits per heavy atom. The summed E-state index contributed by atoms with van der Waals surface area (Å²) in [7, 11) is 1.90. The van der Waals surface area contributed by atoms with Crippen LogP contribution in [0.15, 0.2) is 24.3 Å². The Hall–Kier alpha value is -1.27. The third-order valence-corrected chi connectivity index (χ3v) is 2.33. The summed E-state index contributed by atoms with van der Waals surface area (Å²) >= 11 is 0. The summed E-state index contributed by atoms with van der Waals surface area (Å²) in [5.41, 5.74) is 6.17. The molecule has 0 aliphatic rings. The molecule has 0 fully saturated rings. The molecule has 0 aromatic heterocycles. The molecule has 1 rings (SSSR count). The molecule has 0 unspecified atom stereocenters. The SMILES string of the molecule is CN(CCCN)Cc1cccc(OC(F)(F)F)c1. The van der Waals surface area contributed by atoms with Crippen LogP contribution in [0.1, 0.15) is 12.0 Å². The van der Waals surface area contributed by atoms with Crippen LogP contribution in [0.25, 0.3) is 0 Å². The number of alkyl halides is 3. The molecule has 0 saturated heterocycles. The zero-order valence-corrected chi connectivity index (χ0v) is 10.2. The van der Waals surface area contributed by atoms with Crippen molar-refractivity contribution in [3.63, 3.8) is 0 Å².